The number of hydrogen-bond acceptors (Lipinski definition) is 6. The average Bonchev–Trinajstić information content (AvgIpc) is 2.85. The first-order valence-electron chi connectivity index (χ1n) is 7.43. The van der Waals surface area contributed by atoms with Crippen LogP contribution in [0.15, 0.2) is 6.07 Å². The standard InChI is InChI=1S/C14H21N5O2/c1-2-21-9-12-16-11(15)7-13(17-12)18-5-6-19-10(8-18)3-4-14(19)20/h7,10H,2-6,8-9H2,1H3,(H2,15,16,17). The van der Waals surface area contributed by atoms with Crippen LogP contribution in [0.5, 0.6) is 0 Å². The third-order valence-electron chi connectivity index (χ3n) is 4.03. The van der Waals surface area contributed by atoms with Crippen LogP contribution in [0.1, 0.15) is 25.6 Å². The highest BCUT2D eigenvalue weighted by Gasteiger charge is 2.35. The molecular weight excluding hydrogens is 270 g/mol. The molecule has 1 atom stereocenters. The van der Waals surface area contributed by atoms with Crippen molar-refractivity contribution in [3.8, 4) is 0 Å². The summed E-state index contributed by atoms with van der Waals surface area (Å²) in [5, 5.41) is 0. The van der Waals surface area contributed by atoms with Crippen molar-refractivity contribution < 1.29 is 9.53 Å². The Morgan fingerprint density at radius 3 is 3.10 bits per heavy atom. The molecule has 0 saturated carbocycles. The molecule has 3 rings (SSSR count). The summed E-state index contributed by atoms with van der Waals surface area (Å²) in [6.45, 7) is 5.29. The maximum absolute atomic E-state index is 11.7. The summed E-state index contributed by atoms with van der Waals surface area (Å²) >= 11 is 0. The van der Waals surface area contributed by atoms with Gasteiger partial charge in [0.25, 0.3) is 0 Å². The van der Waals surface area contributed by atoms with Gasteiger partial charge >= 0.3 is 0 Å². The third kappa shape index (κ3) is 2.92. The van der Waals surface area contributed by atoms with Gasteiger partial charge in [0.2, 0.25) is 5.91 Å². The van der Waals surface area contributed by atoms with Crippen molar-refractivity contribution in [2.45, 2.75) is 32.4 Å². The molecule has 2 fully saturated rings. The summed E-state index contributed by atoms with van der Waals surface area (Å²) in [5.41, 5.74) is 5.87. The lowest BCUT2D eigenvalue weighted by Crippen LogP contribution is -2.51. The summed E-state index contributed by atoms with van der Waals surface area (Å²) in [6.07, 6.45) is 1.60. The number of piperazine rings is 1. The third-order valence-corrected chi connectivity index (χ3v) is 4.03. The molecule has 1 unspecified atom stereocenters. The maximum atomic E-state index is 11.7. The van der Waals surface area contributed by atoms with Crippen molar-refractivity contribution in [2.75, 3.05) is 36.9 Å². The number of anilines is 2. The first kappa shape index (κ1) is 14.1. The molecule has 0 aliphatic carbocycles. The van der Waals surface area contributed by atoms with Gasteiger partial charge in [-0.1, -0.05) is 0 Å². The van der Waals surface area contributed by atoms with Gasteiger partial charge in [0, 0.05) is 44.8 Å². The normalized spacial score (nSPS) is 21.8. The van der Waals surface area contributed by atoms with E-state index in [0.717, 1.165) is 31.9 Å². The highest BCUT2D eigenvalue weighted by atomic mass is 16.5. The largest absolute Gasteiger partial charge is 0.384 e. The van der Waals surface area contributed by atoms with E-state index in [-0.39, 0.29) is 5.91 Å². The number of carbonyl (C=O) groups is 1. The molecule has 2 saturated heterocycles. The second-order valence-electron chi connectivity index (χ2n) is 5.43. The Hall–Kier alpha value is -1.89. The van der Waals surface area contributed by atoms with Crippen molar-refractivity contribution in [1.82, 2.24) is 14.9 Å². The van der Waals surface area contributed by atoms with Crippen LogP contribution in [0.25, 0.3) is 0 Å². The van der Waals surface area contributed by atoms with Gasteiger partial charge in [-0.15, -0.1) is 0 Å². The second-order valence-corrected chi connectivity index (χ2v) is 5.43. The predicted octanol–water partition coefficient (Wildman–Crippen LogP) is 0.406. The van der Waals surface area contributed by atoms with Crippen LogP contribution in [-0.2, 0) is 16.1 Å². The monoisotopic (exact) mass is 291 g/mol. The van der Waals surface area contributed by atoms with E-state index in [2.05, 4.69) is 14.9 Å². The van der Waals surface area contributed by atoms with E-state index < -0.39 is 0 Å². The fourth-order valence-electron chi connectivity index (χ4n) is 3.00. The first-order valence-corrected chi connectivity index (χ1v) is 7.43. The zero-order valence-electron chi connectivity index (χ0n) is 12.3. The van der Waals surface area contributed by atoms with Gasteiger partial charge in [-0.25, -0.2) is 9.97 Å². The molecule has 3 heterocycles. The molecular formula is C14H21N5O2. The number of nitrogen functional groups attached to an aromatic ring is 1. The highest BCUT2D eigenvalue weighted by Crippen LogP contribution is 2.26. The number of nitrogens with two attached hydrogens (primary N) is 1. The lowest BCUT2D eigenvalue weighted by molar-refractivity contribution is -0.129. The molecule has 7 nitrogen and oxygen atoms in total. The van der Waals surface area contributed by atoms with Crippen LogP contribution in [0.4, 0.5) is 11.6 Å². The van der Waals surface area contributed by atoms with Gasteiger partial charge in [-0.3, -0.25) is 4.79 Å². The minimum Gasteiger partial charge on any atom is -0.384 e. The fraction of sp³-hybridized carbons (Fsp3) is 0.643. The lowest BCUT2D eigenvalue weighted by Gasteiger charge is -2.38. The minimum atomic E-state index is 0.277. The van der Waals surface area contributed by atoms with Crippen LogP contribution >= 0.6 is 0 Å². The summed E-state index contributed by atoms with van der Waals surface area (Å²) in [6, 6.07) is 2.10. The highest BCUT2D eigenvalue weighted by molar-refractivity contribution is 5.79. The van der Waals surface area contributed by atoms with Gasteiger partial charge in [0.05, 0.1) is 0 Å². The summed E-state index contributed by atoms with van der Waals surface area (Å²) in [7, 11) is 0. The van der Waals surface area contributed by atoms with Crippen LogP contribution in [0, 0.1) is 0 Å². The molecule has 2 N–H and O–H groups in total. The number of nitrogens with zero attached hydrogens (tertiary/aromatic N) is 4. The minimum absolute atomic E-state index is 0.277. The number of ether oxygens (including phenoxy) is 1. The van der Waals surface area contributed by atoms with Crippen LogP contribution in [-0.4, -0.2) is 53.1 Å². The maximum Gasteiger partial charge on any atom is 0.223 e. The summed E-state index contributed by atoms with van der Waals surface area (Å²) in [4.78, 5) is 24.6. The van der Waals surface area contributed by atoms with Gasteiger partial charge in [0.15, 0.2) is 5.82 Å². The van der Waals surface area contributed by atoms with Crippen molar-refractivity contribution in [1.29, 1.82) is 0 Å². The van der Waals surface area contributed by atoms with Gasteiger partial charge < -0.3 is 20.3 Å². The Kier molecular flexibility index (Phi) is 3.92. The molecule has 0 aromatic carbocycles. The Morgan fingerprint density at radius 1 is 1.43 bits per heavy atom. The molecule has 7 heteroatoms. The predicted molar refractivity (Wildman–Crippen MR) is 78.7 cm³/mol. The number of hydrogen-bond donors (Lipinski definition) is 1. The molecule has 1 aromatic rings. The quantitative estimate of drug-likeness (QED) is 0.864. The van der Waals surface area contributed by atoms with Crippen molar-refractivity contribution in [2.24, 2.45) is 0 Å². The smallest absolute Gasteiger partial charge is 0.223 e. The molecule has 1 aromatic heterocycles. The number of amides is 1. The van der Waals surface area contributed by atoms with E-state index in [0.29, 0.717) is 37.3 Å². The Labute approximate surface area is 124 Å². The number of rotatable bonds is 4. The van der Waals surface area contributed by atoms with E-state index in [1.165, 1.54) is 0 Å². The Bertz CT molecular complexity index is 536. The van der Waals surface area contributed by atoms with E-state index in [9.17, 15) is 4.79 Å². The molecule has 0 radical (unpaired) electrons. The van der Waals surface area contributed by atoms with Crippen molar-refractivity contribution >= 4 is 17.5 Å². The molecule has 114 valence electrons. The van der Waals surface area contributed by atoms with Gasteiger partial charge in [-0.05, 0) is 13.3 Å². The van der Waals surface area contributed by atoms with Crippen LogP contribution < -0.4 is 10.6 Å². The topological polar surface area (TPSA) is 84.6 Å². The molecule has 0 spiro atoms. The molecule has 2 aliphatic rings. The van der Waals surface area contributed by atoms with E-state index in [1.807, 2.05) is 11.8 Å². The second kappa shape index (κ2) is 5.85. The molecule has 21 heavy (non-hydrogen) atoms. The van der Waals surface area contributed by atoms with Crippen molar-refractivity contribution in [3.63, 3.8) is 0 Å². The van der Waals surface area contributed by atoms with E-state index >= 15 is 0 Å². The van der Waals surface area contributed by atoms with Crippen LogP contribution in [0.3, 0.4) is 0 Å². The lowest BCUT2D eigenvalue weighted by atomic mass is 10.1. The Morgan fingerprint density at radius 2 is 2.29 bits per heavy atom. The molecule has 1 amide bonds. The van der Waals surface area contributed by atoms with E-state index in [1.54, 1.807) is 6.07 Å². The SMILES string of the molecule is CCOCc1nc(N)cc(N2CCN3C(=O)CCC3C2)n1. The van der Waals surface area contributed by atoms with Crippen molar-refractivity contribution in [3.05, 3.63) is 11.9 Å². The fourth-order valence-corrected chi connectivity index (χ4v) is 3.00. The molecule has 0 bridgehead atoms. The average molecular weight is 291 g/mol. The Balaban J connectivity index is 1.74. The van der Waals surface area contributed by atoms with Crippen LogP contribution in [0.2, 0.25) is 0 Å². The number of fused-ring (bicyclic) bond motifs is 1. The zero-order chi connectivity index (χ0) is 14.8. The zero-order valence-corrected chi connectivity index (χ0v) is 12.3. The van der Waals surface area contributed by atoms with E-state index in [4.69, 9.17) is 10.5 Å². The summed E-state index contributed by atoms with van der Waals surface area (Å²) in [5.74, 6) is 2.17. The number of aromatic nitrogens is 2. The number of carbonyl (C=O) groups excluding carboxylic acids is 1. The van der Waals surface area contributed by atoms with Gasteiger partial charge in [0.1, 0.15) is 18.2 Å². The molecule has 2 aliphatic heterocycles. The van der Waals surface area contributed by atoms with Gasteiger partial charge in [-0.2, -0.15) is 0 Å². The first-order chi connectivity index (χ1) is 10.2. The summed E-state index contributed by atoms with van der Waals surface area (Å²) < 4.78 is 5.35.